The van der Waals surface area contributed by atoms with Gasteiger partial charge < -0.3 is 10.2 Å². The van der Waals surface area contributed by atoms with Gasteiger partial charge in [-0.15, -0.1) is 0 Å². The number of phenolic OH excluding ortho intramolecular Hbond substituents is 1. The van der Waals surface area contributed by atoms with Crippen LogP contribution in [0.15, 0.2) is 23.1 Å². The Morgan fingerprint density at radius 3 is 2.76 bits per heavy atom. The van der Waals surface area contributed by atoms with Crippen LogP contribution in [-0.4, -0.2) is 30.4 Å². The van der Waals surface area contributed by atoms with Crippen LogP contribution >= 0.6 is 0 Å². The lowest BCUT2D eigenvalue weighted by Gasteiger charge is -2.07. The summed E-state index contributed by atoms with van der Waals surface area (Å²) < 4.78 is 23.6. The van der Waals surface area contributed by atoms with E-state index in [1.54, 1.807) is 0 Å². The van der Waals surface area contributed by atoms with Crippen LogP contribution in [0.3, 0.4) is 0 Å². The maximum atomic E-state index is 11.8. The van der Waals surface area contributed by atoms with Crippen LogP contribution in [0.4, 0.5) is 0 Å². The molecule has 1 heterocycles. The number of benzene rings is 1. The highest BCUT2D eigenvalue weighted by atomic mass is 32.2. The molecule has 0 spiro atoms. The zero-order valence-corrected chi connectivity index (χ0v) is 9.77. The molecule has 1 aliphatic heterocycles. The molecule has 6 heteroatoms. The van der Waals surface area contributed by atoms with Gasteiger partial charge in [0.25, 0.3) is 0 Å². The van der Waals surface area contributed by atoms with Gasteiger partial charge >= 0.3 is 5.97 Å². The van der Waals surface area contributed by atoms with E-state index in [2.05, 4.69) is 0 Å². The van der Waals surface area contributed by atoms with Crippen molar-refractivity contribution in [3.05, 3.63) is 23.8 Å². The van der Waals surface area contributed by atoms with Gasteiger partial charge in [-0.2, -0.15) is 0 Å². The molecule has 0 aliphatic carbocycles. The summed E-state index contributed by atoms with van der Waals surface area (Å²) in [6, 6.07) is 4.11. The summed E-state index contributed by atoms with van der Waals surface area (Å²) in [5.41, 5.74) is 0.534. The number of sulfone groups is 1. The van der Waals surface area contributed by atoms with Gasteiger partial charge in [0.05, 0.1) is 10.6 Å². The van der Waals surface area contributed by atoms with Gasteiger partial charge in [0, 0.05) is 12.3 Å². The van der Waals surface area contributed by atoms with Crippen LogP contribution in [0.25, 0.3) is 0 Å². The van der Waals surface area contributed by atoms with Gasteiger partial charge in [-0.3, -0.25) is 4.79 Å². The Morgan fingerprint density at radius 1 is 1.41 bits per heavy atom. The number of carboxylic acid groups (broad SMARTS) is 1. The zero-order chi connectivity index (χ0) is 12.6. The molecule has 0 saturated carbocycles. The molecular formula is C11H12O5S. The van der Waals surface area contributed by atoms with Crippen LogP contribution in [0, 0.1) is 0 Å². The number of phenols is 1. The largest absolute Gasteiger partial charge is 0.508 e. The monoisotopic (exact) mass is 256 g/mol. The summed E-state index contributed by atoms with van der Waals surface area (Å²) in [5, 5.41) is 18.0. The Kier molecular flexibility index (Phi) is 2.82. The van der Waals surface area contributed by atoms with Crippen molar-refractivity contribution in [3.63, 3.8) is 0 Å². The smallest absolute Gasteiger partial charge is 0.303 e. The van der Waals surface area contributed by atoms with Crippen molar-refractivity contribution >= 4 is 15.8 Å². The first kappa shape index (κ1) is 11.9. The van der Waals surface area contributed by atoms with Crippen molar-refractivity contribution in [3.8, 4) is 5.75 Å². The van der Waals surface area contributed by atoms with Crippen molar-refractivity contribution in [1.82, 2.24) is 0 Å². The molecule has 1 aromatic rings. The molecular weight excluding hydrogens is 244 g/mol. The zero-order valence-electron chi connectivity index (χ0n) is 8.96. The number of hydrogen-bond donors (Lipinski definition) is 2. The molecule has 0 bridgehead atoms. The first-order valence-electron chi connectivity index (χ1n) is 5.17. The Morgan fingerprint density at radius 2 is 2.12 bits per heavy atom. The molecule has 0 radical (unpaired) electrons. The van der Waals surface area contributed by atoms with Gasteiger partial charge in [0.15, 0.2) is 9.84 Å². The fourth-order valence-corrected chi connectivity index (χ4v) is 4.03. The molecule has 2 rings (SSSR count). The quantitative estimate of drug-likeness (QED) is 0.845. The normalized spacial score (nSPS) is 21.1. The van der Waals surface area contributed by atoms with E-state index in [1.807, 2.05) is 0 Å². The van der Waals surface area contributed by atoms with E-state index >= 15 is 0 Å². The average molecular weight is 256 g/mol. The first-order valence-corrected chi connectivity index (χ1v) is 6.83. The molecule has 0 aromatic heterocycles. The van der Waals surface area contributed by atoms with Gasteiger partial charge in [-0.1, -0.05) is 0 Å². The maximum absolute atomic E-state index is 11.8. The van der Waals surface area contributed by atoms with Crippen molar-refractivity contribution < 1.29 is 23.4 Å². The number of rotatable bonds is 3. The van der Waals surface area contributed by atoms with Crippen molar-refractivity contribution in [2.24, 2.45) is 0 Å². The lowest BCUT2D eigenvalue weighted by Crippen LogP contribution is -2.06. The minimum Gasteiger partial charge on any atom is -0.508 e. The van der Waals surface area contributed by atoms with Crippen LogP contribution in [-0.2, 0) is 14.6 Å². The molecule has 1 aliphatic rings. The van der Waals surface area contributed by atoms with E-state index < -0.39 is 15.8 Å². The molecule has 2 N–H and O–H groups in total. The number of carbonyl (C=O) groups is 1. The summed E-state index contributed by atoms with van der Waals surface area (Å²) in [6.07, 6.45) is 0.195. The molecule has 0 amide bonds. The van der Waals surface area contributed by atoms with E-state index in [1.165, 1.54) is 18.2 Å². The molecule has 92 valence electrons. The fourth-order valence-electron chi connectivity index (χ4n) is 2.12. The molecule has 0 saturated heterocycles. The third-order valence-electron chi connectivity index (χ3n) is 2.90. The average Bonchev–Trinajstić information content (AvgIpc) is 2.47. The van der Waals surface area contributed by atoms with Crippen LogP contribution in [0.1, 0.15) is 24.3 Å². The SMILES string of the molecule is O=C(O)CCC1CS(=O)(=O)c2ccc(O)cc21. The van der Waals surface area contributed by atoms with Crippen LogP contribution in [0.2, 0.25) is 0 Å². The maximum Gasteiger partial charge on any atom is 0.303 e. The Hall–Kier alpha value is -1.56. The molecule has 5 nitrogen and oxygen atoms in total. The summed E-state index contributed by atoms with van der Waals surface area (Å²) >= 11 is 0. The first-order chi connectivity index (χ1) is 7.90. The standard InChI is InChI=1S/C11H12O5S/c12-8-2-3-10-9(5-8)7(1-4-11(13)14)6-17(10,15)16/h2-3,5,7,12H,1,4,6H2,(H,13,14). The lowest BCUT2D eigenvalue weighted by molar-refractivity contribution is -0.137. The number of fused-ring (bicyclic) bond motifs is 1. The third-order valence-corrected chi connectivity index (χ3v) is 4.78. The molecule has 1 unspecified atom stereocenters. The summed E-state index contributed by atoms with van der Waals surface area (Å²) in [7, 11) is -3.32. The van der Waals surface area contributed by atoms with Gasteiger partial charge in [-0.25, -0.2) is 8.42 Å². The van der Waals surface area contributed by atoms with Gasteiger partial charge in [-0.05, 0) is 30.2 Å². The molecule has 1 atom stereocenters. The van der Waals surface area contributed by atoms with Gasteiger partial charge in [0.1, 0.15) is 5.75 Å². The Labute approximate surface area is 98.6 Å². The highest BCUT2D eigenvalue weighted by Gasteiger charge is 2.34. The highest BCUT2D eigenvalue weighted by Crippen LogP contribution is 2.39. The minimum absolute atomic E-state index is 0.00109. The number of aliphatic carboxylic acids is 1. The van der Waals surface area contributed by atoms with E-state index in [-0.39, 0.29) is 35.2 Å². The number of hydrogen-bond acceptors (Lipinski definition) is 4. The molecule has 1 aromatic carbocycles. The van der Waals surface area contributed by atoms with E-state index in [0.717, 1.165) is 0 Å². The summed E-state index contributed by atoms with van der Waals surface area (Å²) in [5.74, 6) is -1.35. The van der Waals surface area contributed by atoms with Crippen molar-refractivity contribution in [2.75, 3.05) is 5.75 Å². The van der Waals surface area contributed by atoms with Crippen molar-refractivity contribution in [1.29, 1.82) is 0 Å². The third kappa shape index (κ3) is 2.26. The summed E-state index contributed by atoms with van der Waals surface area (Å²) in [6.45, 7) is 0. The highest BCUT2D eigenvalue weighted by molar-refractivity contribution is 7.91. The van der Waals surface area contributed by atoms with E-state index in [0.29, 0.717) is 5.56 Å². The Balaban J connectivity index is 2.36. The minimum atomic E-state index is -3.32. The summed E-state index contributed by atoms with van der Waals surface area (Å²) in [4.78, 5) is 10.7. The molecule has 17 heavy (non-hydrogen) atoms. The van der Waals surface area contributed by atoms with Crippen LogP contribution < -0.4 is 0 Å². The topological polar surface area (TPSA) is 91.7 Å². The Bertz CT molecular complexity index is 561. The fraction of sp³-hybridized carbons (Fsp3) is 0.364. The second-order valence-electron chi connectivity index (χ2n) is 4.13. The van der Waals surface area contributed by atoms with E-state index in [9.17, 15) is 18.3 Å². The number of carboxylic acids is 1. The number of aromatic hydroxyl groups is 1. The molecule has 0 fully saturated rings. The lowest BCUT2D eigenvalue weighted by atomic mass is 9.96. The second kappa shape index (κ2) is 4.03. The predicted octanol–water partition coefficient (Wildman–Crippen LogP) is 1.13. The van der Waals surface area contributed by atoms with E-state index in [4.69, 9.17) is 5.11 Å². The predicted molar refractivity (Wildman–Crippen MR) is 59.8 cm³/mol. The van der Waals surface area contributed by atoms with Gasteiger partial charge in [0.2, 0.25) is 0 Å². The van der Waals surface area contributed by atoms with Crippen molar-refractivity contribution in [2.45, 2.75) is 23.7 Å². The van der Waals surface area contributed by atoms with Crippen LogP contribution in [0.5, 0.6) is 5.75 Å². The second-order valence-corrected chi connectivity index (χ2v) is 6.14.